The predicted molar refractivity (Wildman–Crippen MR) is 102 cm³/mol. The van der Waals surface area contributed by atoms with Gasteiger partial charge in [0.25, 0.3) is 0 Å². The van der Waals surface area contributed by atoms with Gasteiger partial charge in [0.1, 0.15) is 5.82 Å². The third-order valence-corrected chi connectivity index (χ3v) is 3.61. The van der Waals surface area contributed by atoms with Crippen LogP contribution in [0.1, 0.15) is 18.1 Å². The number of hydrogen-bond donors (Lipinski definition) is 3. The molecule has 3 rings (SSSR count). The van der Waals surface area contributed by atoms with Gasteiger partial charge in [-0.25, -0.2) is 4.98 Å². The van der Waals surface area contributed by atoms with Gasteiger partial charge in [0, 0.05) is 49.0 Å². The van der Waals surface area contributed by atoms with Gasteiger partial charge in [-0.3, -0.25) is 9.78 Å². The number of carbonyl (C=O) groups excluding carboxylic acids is 1. The summed E-state index contributed by atoms with van der Waals surface area (Å²) in [4.78, 5) is 24.0. The summed E-state index contributed by atoms with van der Waals surface area (Å²) in [5, 5.41) is 9.21. The molecule has 0 aliphatic carbocycles. The molecular formula is C19H20N6O. The molecule has 3 N–H and O–H groups in total. The van der Waals surface area contributed by atoms with Gasteiger partial charge >= 0.3 is 0 Å². The number of benzene rings is 1. The Balaban J connectivity index is 1.68. The lowest BCUT2D eigenvalue weighted by atomic mass is 10.2. The molecule has 0 atom stereocenters. The van der Waals surface area contributed by atoms with Crippen LogP contribution in [-0.2, 0) is 11.3 Å². The number of hydrogen-bond acceptors (Lipinski definition) is 6. The molecule has 0 aliphatic heterocycles. The van der Waals surface area contributed by atoms with E-state index in [9.17, 15) is 4.79 Å². The lowest BCUT2D eigenvalue weighted by Crippen LogP contribution is -2.07. The van der Waals surface area contributed by atoms with Crippen molar-refractivity contribution in [1.29, 1.82) is 0 Å². The molecule has 3 aromatic rings. The monoisotopic (exact) mass is 348 g/mol. The Morgan fingerprint density at radius 1 is 1.08 bits per heavy atom. The Bertz CT molecular complexity index is 880. The summed E-state index contributed by atoms with van der Waals surface area (Å²) in [5.74, 6) is 1.17. The standard InChI is InChI=1S/C19H20N6O/c1-13-10-21-19(22-12-15-4-3-9-20-11-15)25-18(13)24-17-7-5-16(6-8-17)23-14(2)26/h3-11H,12H2,1-2H3,(H,23,26)(H2,21,22,24,25). The van der Waals surface area contributed by atoms with Crippen molar-refractivity contribution in [2.24, 2.45) is 0 Å². The van der Waals surface area contributed by atoms with Crippen LogP contribution < -0.4 is 16.0 Å². The van der Waals surface area contributed by atoms with Crippen molar-refractivity contribution in [3.8, 4) is 0 Å². The van der Waals surface area contributed by atoms with Crippen LogP contribution in [0.15, 0.2) is 55.0 Å². The van der Waals surface area contributed by atoms with Crippen LogP contribution in [0.3, 0.4) is 0 Å². The van der Waals surface area contributed by atoms with E-state index in [1.165, 1.54) is 6.92 Å². The molecule has 0 radical (unpaired) electrons. The first-order valence-electron chi connectivity index (χ1n) is 8.21. The first-order valence-corrected chi connectivity index (χ1v) is 8.21. The largest absolute Gasteiger partial charge is 0.350 e. The fourth-order valence-corrected chi connectivity index (χ4v) is 2.31. The SMILES string of the molecule is CC(=O)Nc1ccc(Nc2nc(NCc3cccnc3)ncc2C)cc1. The Hall–Kier alpha value is -3.48. The first kappa shape index (κ1) is 17.3. The van der Waals surface area contributed by atoms with Crippen molar-refractivity contribution in [3.63, 3.8) is 0 Å². The molecule has 1 aromatic carbocycles. The maximum absolute atomic E-state index is 11.1. The van der Waals surface area contributed by atoms with E-state index in [1.54, 1.807) is 18.6 Å². The lowest BCUT2D eigenvalue weighted by Gasteiger charge is -2.11. The third-order valence-electron chi connectivity index (χ3n) is 3.61. The second kappa shape index (κ2) is 8.06. The van der Waals surface area contributed by atoms with Crippen LogP contribution in [0.25, 0.3) is 0 Å². The maximum atomic E-state index is 11.1. The smallest absolute Gasteiger partial charge is 0.224 e. The normalized spacial score (nSPS) is 10.2. The number of aryl methyl sites for hydroxylation is 1. The highest BCUT2D eigenvalue weighted by atomic mass is 16.1. The summed E-state index contributed by atoms with van der Waals surface area (Å²) in [5.41, 5.74) is 3.61. The van der Waals surface area contributed by atoms with E-state index in [0.29, 0.717) is 12.5 Å². The summed E-state index contributed by atoms with van der Waals surface area (Å²) < 4.78 is 0. The van der Waals surface area contributed by atoms with E-state index < -0.39 is 0 Å². The molecule has 0 saturated carbocycles. The molecule has 1 amide bonds. The van der Waals surface area contributed by atoms with Crippen LogP contribution in [0.4, 0.5) is 23.1 Å². The summed E-state index contributed by atoms with van der Waals surface area (Å²) in [6.45, 7) is 4.02. The molecule has 2 aromatic heterocycles. The zero-order valence-electron chi connectivity index (χ0n) is 14.7. The number of aromatic nitrogens is 3. The molecule has 0 fully saturated rings. The second-order valence-electron chi connectivity index (χ2n) is 5.82. The van der Waals surface area contributed by atoms with Crippen LogP contribution in [0.2, 0.25) is 0 Å². The zero-order chi connectivity index (χ0) is 18.4. The number of amides is 1. The van der Waals surface area contributed by atoms with Crippen molar-refractivity contribution < 1.29 is 4.79 Å². The minimum Gasteiger partial charge on any atom is -0.350 e. The Kier molecular flexibility index (Phi) is 5.38. The minimum atomic E-state index is -0.0957. The average molecular weight is 348 g/mol. The van der Waals surface area contributed by atoms with Gasteiger partial charge in [0.05, 0.1) is 0 Å². The third kappa shape index (κ3) is 4.76. The number of pyridine rings is 1. The van der Waals surface area contributed by atoms with E-state index in [0.717, 1.165) is 28.3 Å². The van der Waals surface area contributed by atoms with Crippen molar-refractivity contribution in [3.05, 3.63) is 66.1 Å². The van der Waals surface area contributed by atoms with Crippen molar-refractivity contribution >= 4 is 29.0 Å². The molecular weight excluding hydrogens is 328 g/mol. The number of anilines is 4. The fourth-order valence-electron chi connectivity index (χ4n) is 2.31. The molecule has 0 bridgehead atoms. The highest BCUT2D eigenvalue weighted by Crippen LogP contribution is 2.21. The predicted octanol–water partition coefficient (Wildman–Crippen LogP) is 3.49. The second-order valence-corrected chi connectivity index (χ2v) is 5.82. The fraction of sp³-hybridized carbons (Fsp3) is 0.158. The highest BCUT2D eigenvalue weighted by molar-refractivity contribution is 5.88. The first-order chi connectivity index (χ1) is 12.6. The van der Waals surface area contributed by atoms with Crippen LogP contribution in [0, 0.1) is 6.92 Å². The number of rotatable bonds is 6. The van der Waals surface area contributed by atoms with Crippen molar-refractivity contribution in [2.45, 2.75) is 20.4 Å². The summed E-state index contributed by atoms with van der Waals surface area (Å²) in [7, 11) is 0. The van der Waals surface area contributed by atoms with Gasteiger partial charge in [0.15, 0.2) is 0 Å². The Morgan fingerprint density at radius 2 is 1.85 bits per heavy atom. The molecule has 7 nitrogen and oxygen atoms in total. The Morgan fingerprint density at radius 3 is 2.54 bits per heavy atom. The summed E-state index contributed by atoms with van der Waals surface area (Å²) >= 11 is 0. The van der Waals surface area contributed by atoms with Crippen LogP contribution in [0.5, 0.6) is 0 Å². The highest BCUT2D eigenvalue weighted by Gasteiger charge is 2.05. The molecule has 0 spiro atoms. The van der Waals surface area contributed by atoms with Gasteiger partial charge in [-0.05, 0) is 42.8 Å². The van der Waals surface area contributed by atoms with Gasteiger partial charge in [-0.2, -0.15) is 4.98 Å². The molecule has 7 heteroatoms. The van der Waals surface area contributed by atoms with Gasteiger partial charge < -0.3 is 16.0 Å². The van der Waals surface area contributed by atoms with Crippen molar-refractivity contribution in [1.82, 2.24) is 15.0 Å². The van der Waals surface area contributed by atoms with Crippen LogP contribution in [-0.4, -0.2) is 20.9 Å². The summed E-state index contributed by atoms with van der Waals surface area (Å²) in [6.07, 6.45) is 5.31. The Labute approximate surface area is 151 Å². The maximum Gasteiger partial charge on any atom is 0.224 e. The number of carbonyl (C=O) groups is 1. The van der Waals surface area contributed by atoms with Gasteiger partial charge in [0.2, 0.25) is 11.9 Å². The molecule has 0 unspecified atom stereocenters. The van der Waals surface area contributed by atoms with Crippen LogP contribution >= 0.6 is 0 Å². The lowest BCUT2D eigenvalue weighted by molar-refractivity contribution is -0.114. The number of nitrogens with zero attached hydrogens (tertiary/aromatic N) is 3. The van der Waals surface area contributed by atoms with Crippen molar-refractivity contribution in [2.75, 3.05) is 16.0 Å². The number of nitrogens with one attached hydrogen (secondary N) is 3. The van der Waals surface area contributed by atoms with E-state index in [2.05, 4.69) is 30.9 Å². The minimum absolute atomic E-state index is 0.0957. The summed E-state index contributed by atoms with van der Waals surface area (Å²) in [6, 6.07) is 11.3. The van der Waals surface area contributed by atoms with Gasteiger partial charge in [-0.15, -0.1) is 0 Å². The van der Waals surface area contributed by atoms with E-state index in [1.807, 2.05) is 43.3 Å². The van der Waals surface area contributed by atoms with E-state index in [-0.39, 0.29) is 5.91 Å². The topological polar surface area (TPSA) is 91.8 Å². The molecule has 26 heavy (non-hydrogen) atoms. The van der Waals surface area contributed by atoms with Gasteiger partial charge in [-0.1, -0.05) is 6.07 Å². The molecule has 2 heterocycles. The average Bonchev–Trinajstić information content (AvgIpc) is 2.64. The van der Waals surface area contributed by atoms with E-state index in [4.69, 9.17) is 0 Å². The van der Waals surface area contributed by atoms with E-state index >= 15 is 0 Å². The zero-order valence-corrected chi connectivity index (χ0v) is 14.7. The molecule has 0 saturated heterocycles. The quantitative estimate of drug-likeness (QED) is 0.631. The molecule has 132 valence electrons. The molecule has 0 aliphatic rings.